The van der Waals surface area contributed by atoms with Crippen LogP contribution in [0.5, 0.6) is 17.2 Å². The summed E-state index contributed by atoms with van der Waals surface area (Å²) in [5.74, 6) is 1.77. The summed E-state index contributed by atoms with van der Waals surface area (Å²) in [7, 11) is 0. The van der Waals surface area contributed by atoms with Crippen LogP contribution in [-0.2, 0) is 12.8 Å². The zero-order valence-corrected chi connectivity index (χ0v) is 21.9. The summed E-state index contributed by atoms with van der Waals surface area (Å²) in [6.07, 6.45) is 2.59. The van der Waals surface area contributed by atoms with E-state index >= 15 is 0 Å². The van der Waals surface area contributed by atoms with Crippen LogP contribution in [0, 0.1) is 0 Å². The first kappa shape index (κ1) is 25.2. The van der Waals surface area contributed by atoms with Crippen molar-refractivity contribution in [2.45, 2.75) is 19.3 Å². The minimum Gasteiger partial charge on any atom is -0.493 e. The van der Waals surface area contributed by atoms with Gasteiger partial charge in [0.15, 0.2) is 0 Å². The van der Waals surface area contributed by atoms with Gasteiger partial charge in [0.25, 0.3) is 5.91 Å². The van der Waals surface area contributed by atoms with Gasteiger partial charge in [-0.25, -0.2) is 0 Å². The van der Waals surface area contributed by atoms with Gasteiger partial charge in [0.1, 0.15) is 17.2 Å². The van der Waals surface area contributed by atoms with Gasteiger partial charge in [0, 0.05) is 47.7 Å². The molecule has 0 atom stereocenters. The van der Waals surface area contributed by atoms with E-state index in [9.17, 15) is 4.79 Å². The molecular weight excluding hydrogens is 480 g/mol. The van der Waals surface area contributed by atoms with Gasteiger partial charge in [-0.15, -0.1) is 0 Å². The van der Waals surface area contributed by atoms with Gasteiger partial charge in [-0.1, -0.05) is 40.9 Å². The molecule has 1 aliphatic heterocycles. The van der Waals surface area contributed by atoms with Crippen LogP contribution >= 0.6 is 34.8 Å². The molecule has 8 heteroatoms. The van der Waals surface area contributed by atoms with Crippen molar-refractivity contribution in [2.75, 3.05) is 13.2 Å². The first-order valence-corrected chi connectivity index (χ1v) is 11.1. The molecule has 1 aliphatic rings. The third-order valence-electron chi connectivity index (χ3n) is 4.99. The Morgan fingerprint density at radius 2 is 1.75 bits per heavy atom. The number of benzene rings is 3. The molecule has 4 rings (SSSR count). The number of nitrogens with one attached hydrogen (secondary N) is 1. The minimum atomic E-state index is -0.160. The third-order valence-corrected chi connectivity index (χ3v) is 6.02. The van der Waals surface area contributed by atoms with Gasteiger partial charge in [0.2, 0.25) is 0 Å². The quantitative estimate of drug-likeness (QED) is 0.402. The first-order valence-electron chi connectivity index (χ1n) is 9.95. The molecule has 0 saturated heterocycles. The van der Waals surface area contributed by atoms with E-state index in [1.54, 1.807) is 36.4 Å². The maximum Gasteiger partial charge on any atom is 0.251 e. The van der Waals surface area contributed by atoms with Crippen LogP contribution in [0.3, 0.4) is 0 Å². The summed E-state index contributed by atoms with van der Waals surface area (Å²) >= 11 is 18.3. The SMILES string of the molecule is O=C(NCCc1ccc(Cl)c(Cl)c1)c1ccc(Oc2cc3c(cc2Cl)CCCO3)cc1.[Na]. The number of rotatable bonds is 6. The summed E-state index contributed by atoms with van der Waals surface area (Å²) in [4.78, 5) is 12.4. The van der Waals surface area contributed by atoms with E-state index < -0.39 is 0 Å². The summed E-state index contributed by atoms with van der Waals surface area (Å²) < 4.78 is 11.6. The predicted molar refractivity (Wildman–Crippen MR) is 130 cm³/mol. The molecule has 1 heterocycles. The van der Waals surface area contributed by atoms with Gasteiger partial charge in [-0.3, -0.25) is 4.79 Å². The maximum absolute atomic E-state index is 12.4. The Kier molecular flexibility index (Phi) is 9.18. The van der Waals surface area contributed by atoms with Crippen LogP contribution in [0.15, 0.2) is 54.6 Å². The van der Waals surface area contributed by atoms with Crippen molar-refractivity contribution in [1.29, 1.82) is 0 Å². The Balaban J connectivity index is 0.00000289. The summed E-state index contributed by atoms with van der Waals surface area (Å²) in [5, 5.41) is 4.46. The van der Waals surface area contributed by atoms with Crippen LogP contribution in [0.2, 0.25) is 15.1 Å². The van der Waals surface area contributed by atoms with Crippen molar-refractivity contribution in [2.24, 2.45) is 0 Å². The Morgan fingerprint density at radius 1 is 0.969 bits per heavy atom. The zero-order chi connectivity index (χ0) is 21.8. The molecule has 3 aromatic carbocycles. The molecule has 1 radical (unpaired) electrons. The van der Waals surface area contributed by atoms with E-state index in [2.05, 4.69) is 5.32 Å². The molecule has 0 saturated carbocycles. The van der Waals surface area contributed by atoms with Crippen LogP contribution in [0.1, 0.15) is 27.9 Å². The Morgan fingerprint density at radius 3 is 2.50 bits per heavy atom. The normalized spacial score (nSPS) is 12.2. The van der Waals surface area contributed by atoms with Gasteiger partial charge < -0.3 is 14.8 Å². The van der Waals surface area contributed by atoms with Crippen molar-refractivity contribution >= 4 is 70.3 Å². The van der Waals surface area contributed by atoms with Gasteiger partial charge >= 0.3 is 0 Å². The second-order valence-electron chi connectivity index (χ2n) is 7.22. The van der Waals surface area contributed by atoms with Crippen molar-refractivity contribution in [3.63, 3.8) is 0 Å². The molecule has 0 bridgehead atoms. The summed E-state index contributed by atoms with van der Waals surface area (Å²) in [6.45, 7) is 1.18. The fourth-order valence-corrected chi connectivity index (χ4v) is 3.89. The van der Waals surface area contributed by atoms with E-state index in [0.717, 1.165) is 29.7 Å². The number of halogens is 3. The number of amides is 1. The molecule has 3 aromatic rings. The van der Waals surface area contributed by atoms with Gasteiger partial charge in [-0.2, -0.15) is 0 Å². The molecule has 0 aliphatic carbocycles. The fraction of sp³-hybridized carbons (Fsp3) is 0.208. The molecule has 1 N–H and O–H groups in total. The molecule has 0 unspecified atom stereocenters. The smallest absolute Gasteiger partial charge is 0.251 e. The summed E-state index contributed by atoms with van der Waals surface area (Å²) in [6, 6.07) is 16.1. The second-order valence-corrected chi connectivity index (χ2v) is 8.44. The van der Waals surface area contributed by atoms with E-state index in [1.165, 1.54) is 0 Å². The zero-order valence-electron chi connectivity index (χ0n) is 17.6. The molecule has 0 fully saturated rings. The molecule has 0 spiro atoms. The van der Waals surface area contributed by atoms with Crippen LogP contribution < -0.4 is 14.8 Å². The Labute approximate surface area is 224 Å². The molecule has 161 valence electrons. The van der Waals surface area contributed by atoms with Crippen molar-refractivity contribution in [1.82, 2.24) is 5.32 Å². The fourth-order valence-electron chi connectivity index (χ4n) is 3.35. The second kappa shape index (κ2) is 11.6. The Bertz CT molecular complexity index is 1110. The van der Waals surface area contributed by atoms with Crippen molar-refractivity contribution in [3.8, 4) is 17.2 Å². The maximum atomic E-state index is 12.4. The first-order chi connectivity index (χ1) is 15.0. The molecule has 0 aromatic heterocycles. The van der Waals surface area contributed by atoms with Crippen molar-refractivity contribution < 1.29 is 14.3 Å². The number of ether oxygens (including phenoxy) is 2. The summed E-state index contributed by atoms with van der Waals surface area (Å²) in [5.41, 5.74) is 2.64. The third kappa shape index (κ3) is 6.34. The number of hydrogen-bond donors (Lipinski definition) is 1. The largest absolute Gasteiger partial charge is 0.493 e. The van der Waals surface area contributed by atoms with E-state index in [1.807, 2.05) is 18.2 Å². The number of aryl methyl sites for hydroxylation is 1. The number of carbonyl (C=O) groups excluding carboxylic acids is 1. The molecule has 1 amide bonds. The predicted octanol–water partition coefficient (Wildman–Crippen LogP) is 6.36. The monoisotopic (exact) mass is 498 g/mol. The molecule has 4 nitrogen and oxygen atoms in total. The van der Waals surface area contributed by atoms with Crippen LogP contribution in [-0.4, -0.2) is 48.6 Å². The average Bonchev–Trinajstić information content (AvgIpc) is 2.77. The Hall–Kier alpha value is -1.40. The molecule has 32 heavy (non-hydrogen) atoms. The van der Waals surface area contributed by atoms with E-state index in [-0.39, 0.29) is 35.5 Å². The van der Waals surface area contributed by atoms with Crippen LogP contribution in [0.25, 0.3) is 0 Å². The van der Waals surface area contributed by atoms with Crippen LogP contribution in [0.4, 0.5) is 0 Å². The molecular formula is C24H20Cl3NNaO3. The van der Waals surface area contributed by atoms with Crippen molar-refractivity contribution in [3.05, 3.63) is 86.4 Å². The number of carbonyl (C=O) groups is 1. The van der Waals surface area contributed by atoms with E-state index in [0.29, 0.717) is 51.7 Å². The number of hydrogen-bond acceptors (Lipinski definition) is 3. The van der Waals surface area contributed by atoms with E-state index in [4.69, 9.17) is 44.3 Å². The topological polar surface area (TPSA) is 47.6 Å². The standard InChI is InChI=1S/C24H20Cl3NO3.Na/c25-19-8-3-15(12-20(19)26)9-10-28-24(29)16-4-6-18(7-5-16)31-23-14-22-17(13-21(23)27)2-1-11-30-22;/h3-8,12-14H,1-2,9-11H2,(H,28,29);. The minimum absolute atomic E-state index is 0. The average molecular weight is 500 g/mol. The van der Waals surface area contributed by atoms with Gasteiger partial charge in [0.05, 0.1) is 21.7 Å². The number of fused-ring (bicyclic) bond motifs is 1. The van der Waals surface area contributed by atoms with Gasteiger partial charge in [-0.05, 0) is 72.9 Å².